The highest BCUT2D eigenvalue weighted by atomic mass is 32.2. The molecule has 5 nitrogen and oxygen atoms in total. The molecule has 114 valence electrons. The minimum atomic E-state index is 0.193. The molecular weight excluding hydrogens is 296 g/mol. The summed E-state index contributed by atoms with van der Waals surface area (Å²) in [6.45, 7) is 4.27. The number of rotatable bonds is 6. The molecule has 0 radical (unpaired) electrons. The summed E-state index contributed by atoms with van der Waals surface area (Å²) in [6, 6.07) is 9.78. The van der Waals surface area contributed by atoms with E-state index in [0.29, 0.717) is 10.9 Å². The Morgan fingerprint density at radius 2 is 2.18 bits per heavy atom. The third-order valence-electron chi connectivity index (χ3n) is 2.90. The van der Waals surface area contributed by atoms with Crippen LogP contribution >= 0.6 is 11.8 Å². The molecular formula is C16H18N4OS. The topological polar surface area (TPSA) is 84.8 Å². The predicted molar refractivity (Wildman–Crippen MR) is 87.7 cm³/mol. The Morgan fingerprint density at radius 3 is 2.86 bits per heavy atom. The van der Waals surface area contributed by atoms with Gasteiger partial charge in [0.2, 0.25) is 0 Å². The van der Waals surface area contributed by atoms with Gasteiger partial charge in [-0.25, -0.2) is 9.97 Å². The van der Waals surface area contributed by atoms with E-state index >= 15 is 0 Å². The summed E-state index contributed by atoms with van der Waals surface area (Å²) in [4.78, 5) is 8.57. The van der Waals surface area contributed by atoms with E-state index in [2.05, 4.69) is 23.0 Å². The number of nitrogen functional groups attached to an aromatic ring is 1. The number of hydrogen-bond acceptors (Lipinski definition) is 6. The maximum atomic E-state index is 9.24. The number of benzene rings is 1. The van der Waals surface area contributed by atoms with Crippen LogP contribution in [0.15, 0.2) is 29.4 Å². The number of aryl methyl sites for hydroxylation is 1. The summed E-state index contributed by atoms with van der Waals surface area (Å²) in [7, 11) is 0. The number of nitrogens with zero attached hydrogens (tertiary/aromatic N) is 3. The van der Waals surface area contributed by atoms with Crippen molar-refractivity contribution in [3.63, 3.8) is 0 Å². The van der Waals surface area contributed by atoms with Crippen molar-refractivity contribution in [3.8, 4) is 11.8 Å². The van der Waals surface area contributed by atoms with Gasteiger partial charge in [-0.3, -0.25) is 0 Å². The number of ether oxygens (including phenoxy) is 1. The largest absolute Gasteiger partial charge is 0.487 e. The minimum Gasteiger partial charge on any atom is -0.487 e. The maximum Gasteiger partial charge on any atom is 0.189 e. The van der Waals surface area contributed by atoms with Gasteiger partial charge in [0.05, 0.1) is 0 Å². The van der Waals surface area contributed by atoms with Gasteiger partial charge in [-0.1, -0.05) is 30.8 Å². The highest BCUT2D eigenvalue weighted by Gasteiger charge is 2.13. The number of hydrogen-bond donors (Lipinski definition) is 1. The van der Waals surface area contributed by atoms with E-state index in [0.717, 1.165) is 23.5 Å². The fourth-order valence-corrected chi connectivity index (χ4v) is 2.57. The summed E-state index contributed by atoms with van der Waals surface area (Å²) in [5.41, 5.74) is 7.77. The molecule has 1 heterocycles. The van der Waals surface area contributed by atoms with Crippen LogP contribution in [0.5, 0.6) is 5.75 Å². The molecule has 2 rings (SSSR count). The fraction of sp³-hybridized carbons (Fsp3) is 0.312. The van der Waals surface area contributed by atoms with Gasteiger partial charge in [0.1, 0.15) is 35.5 Å². The van der Waals surface area contributed by atoms with Gasteiger partial charge in [0.25, 0.3) is 0 Å². The van der Waals surface area contributed by atoms with Crippen LogP contribution in [0.4, 0.5) is 5.82 Å². The Balaban J connectivity index is 2.21. The van der Waals surface area contributed by atoms with Crippen LogP contribution in [-0.2, 0) is 6.61 Å². The quantitative estimate of drug-likeness (QED) is 0.650. The Hall–Kier alpha value is -2.26. The highest BCUT2D eigenvalue weighted by Crippen LogP contribution is 2.22. The summed E-state index contributed by atoms with van der Waals surface area (Å²) >= 11 is 1.52. The summed E-state index contributed by atoms with van der Waals surface area (Å²) in [5, 5.41) is 9.82. The van der Waals surface area contributed by atoms with Crippen molar-refractivity contribution in [2.45, 2.75) is 32.0 Å². The molecule has 0 saturated carbocycles. The van der Waals surface area contributed by atoms with Crippen LogP contribution in [0.2, 0.25) is 0 Å². The Bertz CT molecular complexity index is 697. The number of anilines is 1. The molecule has 1 aromatic carbocycles. The summed E-state index contributed by atoms with van der Waals surface area (Å²) in [5.74, 6) is 1.85. The van der Waals surface area contributed by atoms with Crippen LogP contribution in [0, 0.1) is 18.3 Å². The van der Waals surface area contributed by atoms with Crippen LogP contribution < -0.4 is 10.5 Å². The summed E-state index contributed by atoms with van der Waals surface area (Å²) in [6.07, 6.45) is 1.02. The van der Waals surface area contributed by atoms with Crippen LogP contribution in [0.1, 0.15) is 30.2 Å². The van der Waals surface area contributed by atoms with E-state index < -0.39 is 0 Å². The second kappa shape index (κ2) is 7.66. The van der Waals surface area contributed by atoms with Gasteiger partial charge >= 0.3 is 0 Å². The molecule has 0 spiro atoms. The van der Waals surface area contributed by atoms with Crippen molar-refractivity contribution < 1.29 is 4.74 Å². The molecule has 0 saturated heterocycles. The van der Waals surface area contributed by atoms with Crippen LogP contribution in [0.25, 0.3) is 0 Å². The van der Waals surface area contributed by atoms with E-state index in [9.17, 15) is 5.26 Å². The maximum absolute atomic E-state index is 9.24. The SMILES string of the molecule is CCCSc1nc(N)c(C#N)c(COc2cccc(C)c2)n1. The first kappa shape index (κ1) is 16.1. The molecule has 0 bridgehead atoms. The van der Waals surface area contributed by atoms with Crippen LogP contribution in [0.3, 0.4) is 0 Å². The minimum absolute atomic E-state index is 0.193. The average molecular weight is 314 g/mol. The van der Waals surface area contributed by atoms with E-state index in [-0.39, 0.29) is 18.0 Å². The Kier molecular flexibility index (Phi) is 5.61. The average Bonchev–Trinajstić information content (AvgIpc) is 2.50. The second-order valence-electron chi connectivity index (χ2n) is 4.78. The molecule has 0 amide bonds. The van der Waals surface area contributed by atoms with Gasteiger partial charge in [0, 0.05) is 5.75 Å². The van der Waals surface area contributed by atoms with Crippen molar-refractivity contribution in [3.05, 3.63) is 41.1 Å². The van der Waals surface area contributed by atoms with E-state index in [1.54, 1.807) is 0 Å². The van der Waals surface area contributed by atoms with E-state index in [1.165, 1.54) is 11.8 Å². The van der Waals surface area contributed by atoms with Gasteiger partial charge in [0.15, 0.2) is 5.16 Å². The number of nitriles is 1. The second-order valence-corrected chi connectivity index (χ2v) is 5.84. The lowest BCUT2D eigenvalue weighted by Crippen LogP contribution is -2.08. The molecule has 2 N–H and O–H groups in total. The Labute approximate surface area is 134 Å². The first-order chi connectivity index (χ1) is 10.6. The standard InChI is InChI=1S/C16H18N4OS/c1-3-7-22-16-19-14(13(9-17)15(18)20-16)10-21-12-6-4-5-11(2)8-12/h4-6,8H,3,7,10H2,1-2H3,(H2,18,19,20). The number of thioether (sulfide) groups is 1. The molecule has 1 aromatic heterocycles. The monoisotopic (exact) mass is 314 g/mol. The molecule has 6 heteroatoms. The molecule has 0 aliphatic rings. The highest BCUT2D eigenvalue weighted by molar-refractivity contribution is 7.99. The molecule has 0 atom stereocenters. The van der Waals surface area contributed by atoms with Crippen molar-refractivity contribution in [2.75, 3.05) is 11.5 Å². The smallest absolute Gasteiger partial charge is 0.189 e. The lowest BCUT2D eigenvalue weighted by Gasteiger charge is -2.10. The van der Waals surface area contributed by atoms with E-state index in [4.69, 9.17) is 10.5 Å². The first-order valence-corrected chi connectivity index (χ1v) is 8.01. The van der Waals surface area contributed by atoms with Gasteiger partial charge in [-0.15, -0.1) is 0 Å². The zero-order valence-corrected chi connectivity index (χ0v) is 13.5. The number of aromatic nitrogens is 2. The first-order valence-electron chi connectivity index (χ1n) is 7.02. The Morgan fingerprint density at radius 1 is 1.36 bits per heavy atom. The van der Waals surface area contributed by atoms with E-state index in [1.807, 2.05) is 31.2 Å². The fourth-order valence-electron chi connectivity index (χ4n) is 1.84. The van der Waals surface area contributed by atoms with Crippen LogP contribution in [-0.4, -0.2) is 15.7 Å². The molecule has 22 heavy (non-hydrogen) atoms. The number of nitrogens with two attached hydrogens (primary N) is 1. The van der Waals surface area contributed by atoms with Crippen molar-refractivity contribution in [2.24, 2.45) is 0 Å². The molecule has 2 aromatic rings. The predicted octanol–water partition coefficient (Wildman–Crippen LogP) is 3.32. The lowest BCUT2D eigenvalue weighted by atomic mass is 10.2. The lowest BCUT2D eigenvalue weighted by molar-refractivity contribution is 0.299. The third kappa shape index (κ3) is 4.12. The zero-order valence-electron chi connectivity index (χ0n) is 12.7. The third-order valence-corrected chi connectivity index (χ3v) is 3.96. The van der Waals surface area contributed by atoms with Crippen molar-refractivity contribution in [1.29, 1.82) is 5.26 Å². The summed E-state index contributed by atoms with van der Waals surface area (Å²) < 4.78 is 5.72. The zero-order chi connectivity index (χ0) is 15.9. The normalized spacial score (nSPS) is 10.2. The molecule has 0 unspecified atom stereocenters. The van der Waals surface area contributed by atoms with Crippen molar-refractivity contribution in [1.82, 2.24) is 9.97 Å². The van der Waals surface area contributed by atoms with Gasteiger partial charge < -0.3 is 10.5 Å². The van der Waals surface area contributed by atoms with Crippen molar-refractivity contribution >= 4 is 17.6 Å². The molecule has 0 aliphatic heterocycles. The van der Waals surface area contributed by atoms with Gasteiger partial charge in [-0.05, 0) is 31.0 Å². The van der Waals surface area contributed by atoms with Gasteiger partial charge in [-0.2, -0.15) is 5.26 Å². The molecule has 0 fully saturated rings. The molecule has 0 aliphatic carbocycles.